The fourth-order valence-electron chi connectivity index (χ4n) is 7.23. The molecule has 6 nitrogen and oxygen atoms in total. The van der Waals surface area contributed by atoms with Crippen molar-refractivity contribution in [1.82, 2.24) is 5.32 Å². The van der Waals surface area contributed by atoms with Crippen LogP contribution in [0.25, 0.3) is 0 Å². The highest BCUT2D eigenvalue weighted by Crippen LogP contribution is 2.17. The molecule has 0 saturated carbocycles. The maximum atomic E-state index is 13.2. The van der Waals surface area contributed by atoms with Gasteiger partial charge in [0.1, 0.15) is 6.10 Å². The summed E-state index contributed by atoms with van der Waals surface area (Å²) in [5, 5.41) is 23.8. The van der Waals surface area contributed by atoms with Crippen LogP contribution in [0, 0.1) is 0 Å². The van der Waals surface area contributed by atoms with Gasteiger partial charge in [-0.25, -0.2) is 0 Å². The Labute approximate surface area is 388 Å². The number of ether oxygens (including phenoxy) is 1. The van der Waals surface area contributed by atoms with Crippen LogP contribution in [0.5, 0.6) is 0 Å². The minimum Gasteiger partial charge on any atom is -0.462 e. The lowest BCUT2D eigenvalue weighted by molar-refractivity contribution is -0.151. The molecule has 0 aromatic heterocycles. The standard InChI is InChI=1S/C57H95NO5/c1-4-7-10-13-16-19-22-25-27-29-31-34-37-40-43-46-49-55(60)54(52-59)58-56(61)51-53(48-45-42-39-36-33-30-24-21-18-15-12-9-6-3)63-57(62)50-47-44-41-38-35-32-28-26-23-20-17-14-11-8-5-2/h8-9,11-12,14-15,17-18,20-21,23-24,26,28,30,33,36,39,53-55,59-60H,4-7,10,13,16,19,22,25,27,29,31-32,34-35,37-38,40-52H2,1-3H3,(H,58,61)/b11-8+,12-9+,17-14+,18-15+,23-20+,24-21-,28-26-,33-30-,39-36+. The third kappa shape index (κ3) is 44.9. The van der Waals surface area contributed by atoms with Crippen LogP contribution in [0.15, 0.2) is 109 Å². The van der Waals surface area contributed by atoms with Crippen LogP contribution in [-0.2, 0) is 14.3 Å². The molecule has 0 saturated heterocycles. The van der Waals surface area contributed by atoms with E-state index in [1.807, 2.05) is 66.8 Å². The van der Waals surface area contributed by atoms with E-state index in [0.29, 0.717) is 19.3 Å². The lowest BCUT2D eigenvalue weighted by atomic mass is 10.0. The van der Waals surface area contributed by atoms with Crippen molar-refractivity contribution in [2.45, 2.75) is 232 Å². The molecule has 0 aliphatic carbocycles. The van der Waals surface area contributed by atoms with Crippen LogP contribution in [0.1, 0.15) is 213 Å². The van der Waals surface area contributed by atoms with E-state index in [0.717, 1.165) is 83.5 Å². The van der Waals surface area contributed by atoms with Crippen LogP contribution < -0.4 is 5.32 Å². The Morgan fingerprint density at radius 1 is 0.476 bits per heavy atom. The van der Waals surface area contributed by atoms with Gasteiger partial charge in [-0.1, -0.05) is 252 Å². The molecule has 1 amide bonds. The fourth-order valence-corrected chi connectivity index (χ4v) is 7.23. The maximum Gasteiger partial charge on any atom is 0.306 e. The molecule has 3 unspecified atom stereocenters. The zero-order valence-electron chi connectivity index (χ0n) is 40.7. The van der Waals surface area contributed by atoms with Crippen molar-refractivity contribution in [3.05, 3.63) is 109 Å². The first kappa shape index (κ1) is 59.5. The number of amides is 1. The van der Waals surface area contributed by atoms with Crippen molar-refractivity contribution < 1.29 is 24.5 Å². The Morgan fingerprint density at radius 3 is 1.33 bits per heavy atom. The Bertz CT molecular complexity index is 1300. The number of esters is 1. The number of carbonyl (C=O) groups is 2. The Morgan fingerprint density at radius 2 is 0.873 bits per heavy atom. The molecule has 0 aromatic rings. The Kier molecular flexibility index (Phi) is 46.8. The van der Waals surface area contributed by atoms with Gasteiger partial charge >= 0.3 is 5.97 Å². The van der Waals surface area contributed by atoms with Crippen molar-refractivity contribution in [1.29, 1.82) is 0 Å². The second-order valence-electron chi connectivity index (χ2n) is 17.0. The number of carbonyl (C=O) groups excluding carboxylic acids is 2. The van der Waals surface area contributed by atoms with Crippen molar-refractivity contribution in [3.63, 3.8) is 0 Å². The monoisotopic (exact) mass is 874 g/mol. The summed E-state index contributed by atoms with van der Waals surface area (Å²) in [6.07, 6.45) is 67.2. The number of unbranched alkanes of at least 4 members (excludes halogenated alkanes) is 21. The molecule has 0 aliphatic rings. The van der Waals surface area contributed by atoms with E-state index in [1.54, 1.807) is 0 Å². The highest BCUT2D eigenvalue weighted by molar-refractivity contribution is 5.77. The number of allylic oxidation sites excluding steroid dienone is 18. The minimum atomic E-state index is -0.818. The van der Waals surface area contributed by atoms with Crippen molar-refractivity contribution in [3.8, 4) is 0 Å². The lowest BCUT2D eigenvalue weighted by Crippen LogP contribution is -2.46. The first-order valence-electron chi connectivity index (χ1n) is 25.7. The number of nitrogens with one attached hydrogen (secondary N) is 1. The van der Waals surface area contributed by atoms with Gasteiger partial charge in [0.2, 0.25) is 5.91 Å². The number of rotatable bonds is 44. The molecular weight excluding hydrogens is 779 g/mol. The van der Waals surface area contributed by atoms with Crippen LogP contribution in [0.4, 0.5) is 0 Å². The van der Waals surface area contributed by atoms with Gasteiger partial charge in [0.15, 0.2) is 0 Å². The number of aliphatic hydroxyl groups is 2. The Balaban J connectivity index is 4.69. The zero-order valence-corrected chi connectivity index (χ0v) is 40.7. The molecular formula is C57H95NO5. The average molecular weight is 874 g/mol. The van der Waals surface area contributed by atoms with Crippen LogP contribution in [-0.4, -0.2) is 46.9 Å². The number of hydrogen-bond acceptors (Lipinski definition) is 5. The van der Waals surface area contributed by atoms with E-state index in [4.69, 9.17) is 4.74 Å². The van der Waals surface area contributed by atoms with Crippen molar-refractivity contribution in [2.75, 3.05) is 6.61 Å². The normalized spacial score (nSPS) is 14.2. The summed E-state index contributed by atoms with van der Waals surface area (Å²) in [7, 11) is 0. The van der Waals surface area contributed by atoms with E-state index < -0.39 is 18.2 Å². The topological polar surface area (TPSA) is 95.9 Å². The van der Waals surface area contributed by atoms with Crippen LogP contribution >= 0.6 is 0 Å². The van der Waals surface area contributed by atoms with E-state index in [1.165, 1.54) is 83.5 Å². The highest BCUT2D eigenvalue weighted by atomic mass is 16.5. The number of hydrogen-bond donors (Lipinski definition) is 3. The summed E-state index contributed by atoms with van der Waals surface area (Å²) in [5.74, 6) is -0.582. The summed E-state index contributed by atoms with van der Waals surface area (Å²) in [5.41, 5.74) is 0. The average Bonchev–Trinajstić information content (AvgIpc) is 3.28. The first-order valence-corrected chi connectivity index (χ1v) is 25.7. The molecule has 3 atom stereocenters. The van der Waals surface area contributed by atoms with E-state index in [-0.39, 0.29) is 24.9 Å². The first-order chi connectivity index (χ1) is 31.0. The molecule has 3 N–H and O–H groups in total. The molecule has 0 radical (unpaired) electrons. The van der Waals surface area contributed by atoms with Crippen molar-refractivity contribution in [2.24, 2.45) is 0 Å². The summed E-state index contributed by atoms with van der Waals surface area (Å²) in [6.45, 7) is 6.17. The van der Waals surface area contributed by atoms with Crippen LogP contribution in [0.3, 0.4) is 0 Å². The number of aliphatic hydroxyl groups excluding tert-OH is 2. The van der Waals surface area contributed by atoms with Gasteiger partial charge in [0, 0.05) is 6.42 Å². The zero-order chi connectivity index (χ0) is 45.9. The molecule has 0 aliphatic heterocycles. The molecule has 0 aromatic carbocycles. The molecule has 6 heteroatoms. The third-order valence-corrected chi connectivity index (χ3v) is 11.1. The smallest absolute Gasteiger partial charge is 0.306 e. The van der Waals surface area contributed by atoms with E-state index in [9.17, 15) is 19.8 Å². The molecule has 358 valence electrons. The predicted octanol–water partition coefficient (Wildman–Crippen LogP) is 15.5. The molecule has 0 bridgehead atoms. The quantitative estimate of drug-likeness (QED) is 0.0322. The summed E-state index contributed by atoms with van der Waals surface area (Å²) >= 11 is 0. The second-order valence-corrected chi connectivity index (χ2v) is 17.0. The van der Waals surface area contributed by atoms with Crippen molar-refractivity contribution >= 4 is 11.9 Å². The van der Waals surface area contributed by atoms with E-state index in [2.05, 4.69) is 68.6 Å². The molecule has 0 spiro atoms. The molecule has 63 heavy (non-hydrogen) atoms. The minimum absolute atomic E-state index is 0.0122. The lowest BCUT2D eigenvalue weighted by Gasteiger charge is -2.24. The summed E-state index contributed by atoms with van der Waals surface area (Å²) in [6, 6.07) is -0.737. The van der Waals surface area contributed by atoms with Gasteiger partial charge in [0.25, 0.3) is 0 Å². The maximum absolute atomic E-state index is 13.2. The van der Waals surface area contributed by atoms with Gasteiger partial charge in [-0.3, -0.25) is 9.59 Å². The van der Waals surface area contributed by atoms with Crippen LogP contribution in [0.2, 0.25) is 0 Å². The molecule has 0 rings (SSSR count). The fraction of sp³-hybridized carbons (Fsp3) is 0.649. The van der Waals surface area contributed by atoms with Gasteiger partial charge < -0.3 is 20.3 Å². The SMILES string of the molecule is CC/C=C/C=C/C=C\C=C/C=C/CCCC(CC(=O)NC(CO)C(O)CCCCCCCCCCCCCCCCCC)OC(=O)CCCCCCC\C=C/C=C/C=C/C=C/CC. The summed E-state index contributed by atoms with van der Waals surface area (Å²) in [4.78, 5) is 26.1. The highest BCUT2D eigenvalue weighted by Gasteiger charge is 2.24. The van der Waals surface area contributed by atoms with Gasteiger partial charge in [-0.15, -0.1) is 0 Å². The molecule has 0 fully saturated rings. The largest absolute Gasteiger partial charge is 0.462 e. The van der Waals surface area contributed by atoms with E-state index >= 15 is 0 Å². The van der Waals surface area contributed by atoms with Gasteiger partial charge in [0.05, 0.1) is 25.2 Å². The predicted molar refractivity (Wildman–Crippen MR) is 273 cm³/mol. The second kappa shape index (κ2) is 49.5. The third-order valence-electron chi connectivity index (χ3n) is 11.1. The summed E-state index contributed by atoms with van der Waals surface area (Å²) < 4.78 is 5.88. The molecule has 0 heterocycles. The van der Waals surface area contributed by atoms with Gasteiger partial charge in [-0.05, 0) is 57.8 Å². The Hall–Kier alpha value is -3.48. The van der Waals surface area contributed by atoms with Gasteiger partial charge in [-0.2, -0.15) is 0 Å².